The summed E-state index contributed by atoms with van der Waals surface area (Å²) in [5.41, 5.74) is 0. The molecule has 0 aliphatic heterocycles. The first kappa shape index (κ1) is 8.52. The second kappa shape index (κ2) is 4.40. The maximum absolute atomic E-state index is 5.14. The Labute approximate surface area is 58.1 Å². The summed E-state index contributed by atoms with van der Waals surface area (Å²) in [7, 11) is 4.04. The van der Waals surface area contributed by atoms with Crippen LogP contribution in [0.1, 0.15) is 12.8 Å². The van der Waals surface area contributed by atoms with Crippen molar-refractivity contribution >= 4 is 0 Å². The van der Waals surface area contributed by atoms with Gasteiger partial charge in [-0.25, -0.2) is 0 Å². The van der Waals surface area contributed by atoms with E-state index in [9.17, 15) is 0 Å². The summed E-state index contributed by atoms with van der Waals surface area (Å²) in [4.78, 5) is 2.10. The van der Waals surface area contributed by atoms with Crippen LogP contribution >= 0.6 is 0 Å². The topological polar surface area (TPSA) is 3.24 Å². The Balaban J connectivity index is 3.57. The summed E-state index contributed by atoms with van der Waals surface area (Å²) in [5, 5.41) is 0. The Morgan fingerprint density at radius 2 is 2.22 bits per heavy atom. The highest BCUT2D eigenvalue weighted by atomic mass is 15.1. The van der Waals surface area contributed by atoms with Gasteiger partial charge in [-0.1, -0.05) is 6.92 Å². The Morgan fingerprint density at radius 1 is 1.67 bits per heavy atom. The third-order valence-electron chi connectivity index (χ3n) is 1.42. The van der Waals surface area contributed by atoms with Crippen LogP contribution in [0.25, 0.3) is 0 Å². The van der Waals surface area contributed by atoms with Gasteiger partial charge in [0.25, 0.3) is 0 Å². The van der Waals surface area contributed by atoms with E-state index in [4.69, 9.17) is 6.42 Å². The second-order valence-electron chi connectivity index (χ2n) is 2.31. The zero-order valence-corrected chi connectivity index (χ0v) is 6.22. The number of hydrogen-bond acceptors (Lipinski definition) is 1. The molecule has 0 N–H and O–H groups in total. The van der Waals surface area contributed by atoms with Gasteiger partial charge in [0.05, 0.1) is 0 Å². The van der Waals surface area contributed by atoms with E-state index in [1.807, 2.05) is 14.1 Å². The van der Waals surface area contributed by atoms with Crippen molar-refractivity contribution in [2.45, 2.75) is 18.9 Å². The van der Waals surface area contributed by atoms with Gasteiger partial charge in [0.1, 0.15) is 0 Å². The van der Waals surface area contributed by atoms with E-state index < -0.39 is 0 Å². The molecule has 0 heterocycles. The third-order valence-corrected chi connectivity index (χ3v) is 1.42. The summed E-state index contributed by atoms with van der Waals surface area (Å²) in [6.45, 7) is 3.79. The van der Waals surface area contributed by atoms with Gasteiger partial charge in [-0.2, -0.15) is 0 Å². The molecule has 9 heavy (non-hydrogen) atoms. The van der Waals surface area contributed by atoms with Crippen molar-refractivity contribution in [1.82, 2.24) is 4.90 Å². The Bertz CT molecular complexity index is 99.6. The molecule has 0 aromatic heterocycles. The predicted octanol–water partition coefficient (Wildman–Crippen LogP) is 1.16. The van der Waals surface area contributed by atoms with Gasteiger partial charge in [0.2, 0.25) is 0 Å². The summed E-state index contributed by atoms with van der Waals surface area (Å²) in [5.74, 6) is 2.62. The zero-order valence-electron chi connectivity index (χ0n) is 6.22. The van der Waals surface area contributed by atoms with Crippen molar-refractivity contribution in [3.8, 4) is 12.3 Å². The van der Waals surface area contributed by atoms with E-state index in [1.165, 1.54) is 0 Å². The lowest BCUT2D eigenvalue weighted by atomic mass is 10.1. The SMILES string of the molecule is C#CCC(C[CH2])N(C)C. The van der Waals surface area contributed by atoms with E-state index in [0.29, 0.717) is 6.04 Å². The largest absolute Gasteiger partial charge is 0.306 e. The molecule has 1 nitrogen and oxygen atoms in total. The Kier molecular flexibility index (Phi) is 4.17. The average molecular weight is 124 g/mol. The van der Waals surface area contributed by atoms with Crippen molar-refractivity contribution in [1.29, 1.82) is 0 Å². The van der Waals surface area contributed by atoms with Gasteiger partial charge in [-0.05, 0) is 20.5 Å². The molecule has 0 aromatic carbocycles. The predicted molar refractivity (Wildman–Crippen MR) is 40.9 cm³/mol. The molecule has 1 unspecified atom stereocenters. The fourth-order valence-corrected chi connectivity index (χ4v) is 0.679. The van der Waals surface area contributed by atoms with E-state index in [0.717, 1.165) is 12.8 Å². The van der Waals surface area contributed by atoms with Crippen LogP contribution in [-0.4, -0.2) is 25.0 Å². The van der Waals surface area contributed by atoms with Gasteiger partial charge in [0, 0.05) is 12.5 Å². The molecule has 0 bridgehead atoms. The smallest absolute Gasteiger partial charge is 0.0242 e. The fourth-order valence-electron chi connectivity index (χ4n) is 0.679. The highest BCUT2D eigenvalue weighted by Gasteiger charge is 2.04. The van der Waals surface area contributed by atoms with Gasteiger partial charge < -0.3 is 4.90 Å². The standard InChI is InChI=1S/C8H14N/c1-5-7-8(6-2)9(3)4/h1,8H,2,6-7H2,3-4H3. The van der Waals surface area contributed by atoms with Crippen molar-refractivity contribution in [3.63, 3.8) is 0 Å². The van der Waals surface area contributed by atoms with Crippen molar-refractivity contribution < 1.29 is 0 Å². The molecule has 1 atom stereocenters. The summed E-state index contributed by atoms with van der Waals surface area (Å²) in [6.07, 6.45) is 6.83. The van der Waals surface area contributed by atoms with Crippen LogP contribution in [0.4, 0.5) is 0 Å². The van der Waals surface area contributed by atoms with E-state index in [-0.39, 0.29) is 0 Å². The first-order valence-corrected chi connectivity index (χ1v) is 3.11. The van der Waals surface area contributed by atoms with Crippen LogP contribution < -0.4 is 0 Å². The lowest BCUT2D eigenvalue weighted by Crippen LogP contribution is -2.26. The Hall–Kier alpha value is -0.480. The molecule has 0 saturated heterocycles. The van der Waals surface area contributed by atoms with Crippen molar-refractivity contribution in [2.24, 2.45) is 0 Å². The van der Waals surface area contributed by atoms with Crippen LogP contribution in [0.3, 0.4) is 0 Å². The lowest BCUT2D eigenvalue weighted by Gasteiger charge is -2.19. The molecular formula is C8H14N. The molecule has 0 aliphatic rings. The normalized spacial score (nSPS) is 13.2. The quantitative estimate of drug-likeness (QED) is 0.510. The van der Waals surface area contributed by atoms with Crippen LogP contribution in [0.2, 0.25) is 0 Å². The molecule has 1 radical (unpaired) electrons. The molecule has 51 valence electrons. The maximum Gasteiger partial charge on any atom is 0.0242 e. The first-order valence-electron chi connectivity index (χ1n) is 3.11. The Morgan fingerprint density at radius 3 is 2.33 bits per heavy atom. The molecule has 0 aliphatic carbocycles. The maximum atomic E-state index is 5.14. The molecule has 0 aromatic rings. The molecule has 0 rings (SSSR count). The molecular weight excluding hydrogens is 110 g/mol. The minimum Gasteiger partial charge on any atom is -0.306 e. The summed E-state index contributed by atoms with van der Waals surface area (Å²) >= 11 is 0. The lowest BCUT2D eigenvalue weighted by molar-refractivity contribution is 0.299. The first-order chi connectivity index (χ1) is 4.22. The second-order valence-corrected chi connectivity index (χ2v) is 2.31. The minimum atomic E-state index is 0.454. The van der Waals surface area contributed by atoms with Gasteiger partial charge >= 0.3 is 0 Å². The highest BCUT2D eigenvalue weighted by molar-refractivity contribution is 4.89. The molecule has 0 fully saturated rings. The van der Waals surface area contributed by atoms with Gasteiger partial charge in [-0.3, -0.25) is 0 Å². The van der Waals surface area contributed by atoms with E-state index >= 15 is 0 Å². The third kappa shape index (κ3) is 3.16. The molecule has 1 heteroatoms. The average Bonchev–Trinajstić information content (AvgIpc) is 1.82. The monoisotopic (exact) mass is 124 g/mol. The van der Waals surface area contributed by atoms with E-state index in [2.05, 4.69) is 17.7 Å². The zero-order chi connectivity index (χ0) is 7.28. The molecule has 0 saturated carbocycles. The van der Waals surface area contributed by atoms with Crippen molar-refractivity contribution in [2.75, 3.05) is 14.1 Å². The number of nitrogens with zero attached hydrogens (tertiary/aromatic N) is 1. The van der Waals surface area contributed by atoms with Gasteiger partial charge in [0.15, 0.2) is 0 Å². The number of terminal acetylenes is 1. The van der Waals surface area contributed by atoms with E-state index in [1.54, 1.807) is 0 Å². The van der Waals surface area contributed by atoms with Crippen LogP contribution in [0.15, 0.2) is 0 Å². The van der Waals surface area contributed by atoms with Crippen LogP contribution in [0, 0.1) is 19.3 Å². The molecule has 0 spiro atoms. The van der Waals surface area contributed by atoms with Crippen molar-refractivity contribution in [3.05, 3.63) is 6.92 Å². The van der Waals surface area contributed by atoms with Crippen LogP contribution in [-0.2, 0) is 0 Å². The number of rotatable bonds is 3. The molecule has 0 amide bonds. The summed E-state index contributed by atoms with van der Waals surface area (Å²) < 4.78 is 0. The van der Waals surface area contributed by atoms with Gasteiger partial charge in [-0.15, -0.1) is 12.3 Å². The minimum absolute atomic E-state index is 0.454. The number of hydrogen-bond donors (Lipinski definition) is 0. The summed E-state index contributed by atoms with van der Waals surface area (Å²) in [6, 6.07) is 0.454. The fraction of sp³-hybridized carbons (Fsp3) is 0.625. The van der Waals surface area contributed by atoms with Crippen LogP contribution in [0.5, 0.6) is 0 Å². The highest BCUT2D eigenvalue weighted by Crippen LogP contribution is 2.01.